The van der Waals surface area contributed by atoms with Crippen molar-refractivity contribution >= 4 is 16.9 Å². The normalized spacial score (nSPS) is 17.4. The van der Waals surface area contributed by atoms with Gasteiger partial charge in [-0.05, 0) is 38.3 Å². The Balaban J connectivity index is 1.56. The summed E-state index contributed by atoms with van der Waals surface area (Å²) in [5.41, 5.74) is 2.83. The molecule has 6 heteroatoms. The Hall–Kier alpha value is -2.60. The number of amides is 1. The highest BCUT2D eigenvalue weighted by molar-refractivity contribution is 5.99. The van der Waals surface area contributed by atoms with Gasteiger partial charge in [0.2, 0.25) is 0 Å². The molecule has 0 saturated carbocycles. The quantitative estimate of drug-likeness (QED) is 0.672. The molecular formula is C22H27N3O3. The summed E-state index contributed by atoms with van der Waals surface area (Å²) in [6.07, 6.45) is 5.82. The highest BCUT2D eigenvalue weighted by Crippen LogP contribution is 2.30. The molecule has 1 atom stereocenters. The van der Waals surface area contributed by atoms with E-state index in [1.165, 1.54) is 0 Å². The van der Waals surface area contributed by atoms with Crippen LogP contribution in [0.25, 0.3) is 11.0 Å². The summed E-state index contributed by atoms with van der Waals surface area (Å²) in [6.45, 7) is 6.84. The molecule has 3 aromatic rings. The van der Waals surface area contributed by atoms with Crippen molar-refractivity contribution in [1.82, 2.24) is 14.5 Å². The number of aryl methyl sites for hydroxylation is 2. The average Bonchev–Trinajstić information content (AvgIpc) is 3.30. The molecule has 1 aromatic carbocycles. The van der Waals surface area contributed by atoms with E-state index in [1.807, 2.05) is 43.3 Å². The second-order valence-corrected chi connectivity index (χ2v) is 7.62. The number of carbonyl (C=O) groups excluding carboxylic acids is 1. The van der Waals surface area contributed by atoms with Crippen LogP contribution in [0.3, 0.4) is 0 Å². The molecule has 148 valence electrons. The van der Waals surface area contributed by atoms with Crippen molar-refractivity contribution in [2.24, 2.45) is 0 Å². The molecule has 0 N–H and O–H groups in total. The predicted octanol–water partition coefficient (Wildman–Crippen LogP) is 3.91. The Morgan fingerprint density at radius 1 is 1.36 bits per heavy atom. The lowest BCUT2D eigenvalue weighted by atomic mass is 9.96. The van der Waals surface area contributed by atoms with Gasteiger partial charge in [0.1, 0.15) is 11.4 Å². The Morgan fingerprint density at radius 2 is 2.21 bits per heavy atom. The summed E-state index contributed by atoms with van der Waals surface area (Å²) in [6, 6.07) is 6.08. The first-order chi connectivity index (χ1) is 13.6. The van der Waals surface area contributed by atoms with Gasteiger partial charge in [-0.2, -0.15) is 0 Å². The van der Waals surface area contributed by atoms with Crippen LogP contribution in [0.4, 0.5) is 0 Å². The van der Waals surface area contributed by atoms with Crippen molar-refractivity contribution in [2.75, 3.05) is 26.8 Å². The summed E-state index contributed by atoms with van der Waals surface area (Å²) in [5.74, 6) is 1.71. The number of hydrogen-bond acceptors (Lipinski definition) is 4. The van der Waals surface area contributed by atoms with Gasteiger partial charge >= 0.3 is 0 Å². The van der Waals surface area contributed by atoms with Crippen molar-refractivity contribution in [3.8, 4) is 0 Å². The third kappa shape index (κ3) is 3.44. The van der Waals surface area contributed by atoms with Gasteiger partial charge in [-0.15, -0.1) is 0 Å². The van der Waals surface area contributed by atoms with E-state index >= 15 is 0 Å². The van der Waals surface area contributed by atoms with Crippen LogP contribution < -0.4 is 0 Å². The molecule has 1 fully saturated rings. The molecule has 0 aliphatic carbocycles. The second-order valence-electron chi connectivity index (χ2n) is 7.62. The van der Waals surface area contributed by atoms with Crippen LogP contribution in [-0.4, -0.2) is 47.2 Å². The number of methoxy groups -OCH3 is 1. The van der Waals surface area contributed by atoms with E-state index < -0.39 is 0 Å². The summed E-state index contributed by atoms with van der Waals surface area (Å²) in [4.78, 5) is 19.7. The van der Waals surface area contributed by atoms with Crippen molar-refractivity contribution in [3.63, 3.8) is 0 Å². The van der Waals surface area contributed by atoms with Gasteiger partial charge in [0.15, 0.2) is 5.76 Å². The molecule has 1 unspecified atom stereocenters. The van der Waals surface area contributed by atoms with Crippen LogP contribution in [0.2, 0.25) is 0 Å². The van der Waals surface area contributed by atoms with Gasteiger partial charge in [-0.3, -0.25) is 4.79 Å². The van der Waals surface area contributed by atoms with E-state index in [1.54, 1.807) is 7.11 Å². The van der Waals surface area contributed by atoms with Crippen molar-refractivity contribution in [3.05, 3.63) is 53.3 Å². The number of imidazole rings is 1. The fraction of sp³-hybridized carbons (Fsp3) is 0.455. The monoisotopic (exact) mass is 381 g/mol. The van der Waals surface area contributed by atoms with E-state index in [9.17, 15) is 4.79 Å². The van der Waals surface area contributed by atoms with Crippen molar-refractivity contribution < 1.29 is 13.9 Å². The molecule has 2 aromatic heterocycles. The molecule has 3 heterocycles. The smallest absolute Gasteiger partial charge is 0.289 e. The third-order valence-corrected chi connectivity index (χ3v) is 5.65. The zero-order valence-corrected chi connectivity index (χ0v) is 16.8. The summed E-state index contributed by atoms with van der Waals surface area (Å²) >= 11 is 0. The summed E-state index contributed by atoms with van der Waals surface area (Å²) in [7, 11) is 1.70. The first-order valence-electron chi connectivity index (χ1n) is 9.87. The van der Waals surface area contributed by atoms with E-state index in [4.69, 9.17) is 9.15 Å². The number of furan rings is 1. The number of carbonyl (C=O) groups is 1. The predicted molar refractivity (Wildman–Crippen MR) is 108 cm³/mol. The molecule has 4 rings (SSSR count). The molecule has 1 aliphatic heterocycles. The molecule has 0 bridgehead atoms. The molecule has 0 radical (unpaired) electrons. The van der Waals surface area contributed by atoms with Gasteiger partial charge in [-0.1, -0.05) is 12.1 Å². The fourth-order valence-electron chi connectivity index (χ4n) is 4.11. The van der Waals surface area contributed by atoms with Gasteiger partial charge in [0.05, 0.1) is 6.61 Å². The minimum Gasteiger partial charge on any atom is -0.451 e. The number of hydrogen-bond donors (Lipinski definition) is 0. The lowest BCUT2D eigenvalue weighted by Crippen LogP contribution is -2.40. The first kappa shape index (κ1) is 18.7. The largest absolute Gasteiger partial charge is 0.451 e. The first-order valence-corrected chi connectivity index (χ1v) is 9.87. The van der Waals surface area contributed by atoms with E-state index in [2.05, 4.69) is 15.6 Å². The van der Waals surface area contributed by atoms with E-state index in [0.29, 0.717) is 18.9 Å². The van der Waals surface area contributed by atoms with Crippen LogP contribution in [0.15, 0.2) is 35.0 Å². The molecule has 1 saturated heterocycles. The van der Waals surface area contributed by atoms with Gasteiger partial charge < -0.3 is 18.6 Å². The topological polar surface area (TPSA) is 60.5 Å². The highest BCUT2D eigenvalue weighted by Gasteiger charge is 2.30. The molecule has 6 nitrogen and oxygen atoms in total. The molecule has 28 heavy (non-hydrogen) atoms. The number of fused-ring (bicyclic) bond motifs is 1. The third-order valence-electron chi connectivity index (χ3n) is 5.65. The molecule has 1 aliphatic rings. The number of piperidine rings is 1. The second kappa shape index (κ2) is 7.80. The average molecular weight is 381 g/mol. The maximum Gasteiger partial charge on any atom is 0.289 e. The van der Waals surface area contributed by atoms with Crippen LogP contribution in [0.5, 0.6) is 0 Å². The van der Waals surface area contributed by atoms with Gasteiger partial charge in [0.25, 0.3) is 5.91 Å². The Kier molecular flexibility index (Phi) is 5.22. The van der Waals surface area contributed by atoms with Gasteiger partial charge in [0, 0.05) is 56.0 Å². The number of rotatable bonds is 5. The number of benzene rings is 1. The Morgan fingerprint density at radius 3 is 3.04 bits per heavy atom. The zero-order chi connectivity index (χ0) is 19.7. The number of ether oxygens (including phenoxy) is 1. The molecule has 0 spiro atoms. The van der Waals surface area contributed by atoms with Crippen molar-refractivity contribution in [2.45, 2.75) is 39.2 Å². The standard InChI is InChI=1S/C22H27N3O3/c1-15-6-7-18-16(2)20(28-19(18)13-15)22(26)25-9-4-5-17(14-25)21-23-8-10-24(21)11-12-27-3/h6-8,10,13,17H,4-5,9,11-12,14H2,1-3H3. The minimum absolute atomic E-state index is 0.0222. The van der Waals surface area contributed by atoms with Gasteiger partial charge in [-0.25, -0.2) is 4.98 Å². The highest BCUT2D eigenvalue weighted by atomic mass is 16.5. The maximum absolute atomic E-state index is 13.2. The lowest BCUT2D eigenvalue weighted by Gasteiger charge is -2.32. The SMILES string of the molecule is COCCn1ccnc1C1CCCN(C(=O)c2oc3cc(C)ccc3c2C)C1. The number of likely N-dealkylation sites (tertiary alicyclic amines) is 1. The zero-order valence-electron chi connectivity index (χ0n) is 16.8. The van der Waals surface area contributed by atoms with Crippen molar-refractivity contribution in [1.29, 1.82) is 0 Å². The molecule has 1 amide bonds. The fourth-order valence-corrected chi connectivity index (χ4v) is 4.11. The summed E-state index contributed by atoms with van der Waals surface area (Å²) < 4.78 is 13.3. The van der Waals surface area contributed by atoms with Crippen LogP contribution >= 0.6 is 0 Å². The van der Waals surface area contributed by atoms with E-state index in [0.717, 1.165) is 53.9 Å². The van der Waals surface area contributed by atoms with E-state index in [-0.39, 0.29) is 11.8 Å². The molecular weight excluding hydrogens is 354 g/mol. The van der Waals surface area contributed by atoms with Crippen LogP contribution in [-0.2, 0) is 11.3 Å². The lowest BCUT2D eigenvalue weighted by molar-refractivity contribution is 0.0671. The number of aromatic nitrogens is 2. The van der Waals surface area contributed by atoms with Crippen LogP contribution in [0, 0.1) is 13.8 Å². The maximum atomic E-state index is 13.2. The Labute approximate surface area is 165 Å². The Bertz CT molecular complexity index is 988. The van der Waals surface area contributed by atoms with Crippen LogP contribution in [0.1, 0.15) is 46.3 Å². The minimum atomic E-state index is -0.0222. The summed E-state index contributed by atoms with van der Waals surface area (Å²) in [5, 5.41) is 1.01. The number of nitrogens with zero attached hydrogens (tertiary/aromatic N) is 3.